The number of ether oxygens (including phenoxy) is 5. The van der Waals surface area contributed by atoms with Gasteiger partial charge in [-0.25, -0.2) is 4.39 Å². The van der Waals surface area contributed by atoms with E-state index in [0.29, 0.717) is 6.61 Å². The van der Waals surface area contributed by atoms with Crippen LogP contribution in [0.15, 0.2) is 0 Å². The molecular formula is C10H19FO5. The number of alkyl halides is 1. The van der Waals surface area contributed by atoms with E-state index in [1.165, 1.54) is 21.3 Å². The summed E-state index contributed by atoms with van der Waals surface area (Å²) >= 11 is 0. The first-order chi connectivity index (χ1) is 7.69. The van der Waals surface area contributed by atoms with Crippen molar-refractivity contribution in [1.29, 1.82) is 0 Å². The molecule has 5 unspecified atom stereocenters. The van der Waals surface area contributed by atoms with Crippen molar-refractivity contribution < 1.29 is 28.1 Å². The van der Waals surface area contributed by atoms with E-state index in [4.69, 9.17) is 23.7 Å². The van der Waals surface area contributed by atoms with Crippen LogP contribution in [0.3, 0.4) is 0 Å². The third kappa shape index (κ3) is 2.70. The number of methoxy groups -OCH3 is 4. The molecule has 0 aromatic carbocycles. The van der Waals surface area contributed by atoms with Gasteiger partial charge in [-0.1, -0.05) is 0 Å². The van der Waals surface area contributed by atoms with Gasteiger partial charge in [0.2, 0.25) is 0 Å². The van der Waals surface area contributed by atoms with Crippen molar-refractivity contribution in [2.75, 3.05) is 35.0 Å². The summed E-state index contributed by atoms with van der Waals surface area (Å²) in [6, 6.07) is 0. The molecule has 1 rings (SSSR count). The van der Waals surface area contributed by atoms with E-state index < -0.39 is 30.8 Å². The lowest BCUT2D eigenvalue weighted by Gasteiger charge is -2.41. The number of hydrogen-bond donors (Lipinski definition) is 0. The maximum atomic E-state index is 13.9. The zero-order valence-corrected chi connectivity index (χ0v) is 10.0. The zero-order valence-electron chi connectivity index (χ0n) is 10.0. The van der Waals surface area contributed by atoms with E-state index in [9.17, 15) is 4.39 Å². The fraction of sp³-hybridized carbons (Fsp3) is 1.00. The molecule has 1 aliphatic rings. The summed E-state index contributed by atoms with van der Waals surface area (Å²) in [6.07, 6.45) is -3.96. The Morgan fingerprint density at radius 1 is 1.00 bits per heavy atom. The van der Waals surface area contributed by atoms with Crippen LogP contribution in [0.2, 0.25) is 0 Å². The maximum absolute atomic E-state index is 13.9. The van der Waals surface area contributed by atoms with Crippen molar-refractivity contribution in [2.45, 2.75) is 30.8 Å². The predicted octanol–water partition coefficient (Wildman–Crippen LogP) is 0.372. The highest BCUT2D eigenvalue weighted by molar-refractivity contribution is 4.91. The van der Waals surface area contributed by atoms with E-state index in [1.807, 2.05) is 0 Å². The minimum atomic E-state index is -1.38. The first-order valence-electron chi connectivity index (χ1n) is 5.06. The standard InChI is InChI=1S/C10H19FO5/c1-12-5-6-8(13-2)9(14-3)7(11)10(15-4)16-6/h6-10H,5H2,1-4H3/i11-1. The third-order valence-electron chi connectivity index (χ3n) is 2.68. The first-order valence-corrected chi connectivity index (χ1v) is 5.06. The molecular weight excluding hydrogens is 218 g/mol. The molecule has 0 aliphatic carbocycles. The summed E-state index contributed by atoms with van der Waals surface area (Å²) in [5.41, 5.74) is 0. The minimum Gasteiger partial charge on any atom is -0.382 e. The molecule has 0 N–H and O–H groups in total. The average molecular weight is 237 g/mol. The van der Waals surface area contributed by atoms with Crippen molar-refractivity contribution in [3.63, 3.8) is 0 Å². The summed E-state index contributed by atoms with van der Waals surface area (Å²) in [4.78, 5) is 0. The van der Waals surface area contributed by atoms with Crippen molar-refractivity contribution in [2.24, 2.45) is 0 Å². The largest absolute Gasteiger partial charge is 0.382 e. The summed E-state index contributed by atoms with van der Waals surface area (Å²) in [6.45, 7) is 0.297. The highest BCUT2D eigenvalue weighted by Crippen LogP contribution is 2.27. The molecule has 5 atom stereocenters. The fourth-order valence-corrected chi connectivity index (χ4v) is 1.91. The van der Waals surface area contributed by atoms with E-state index in [-0.39, 0.29) is 0 Å². The second-order valence-electron chi connectivity index (χ2n) is 3.58. The van der Waals surface area contributed by atoms with Gasteiger partial charge in [0.1, 0.15) is 18.3 Å². The molecule has 5 nitrogen and oxygen atoms in total. The van der Waals surface area contributed by atoms with Crippen LogP contribution in [0.25, 0.3) is 0 Å². The minimum absolute atomic E-state index is 0.297. The van der Waals surface area contributed by atoms with Crippen LogP contribution in [-0.4, -0.2) is 65.8 Å². The molecule has 0 spiro atoms. The smallest absolute Gasteiger partial charge is 0.191 e. The summed E-state index contributed by atoms with van der Waals surface area (Å²) in [7, 11) is 5.86. The van der Waals surface area contributed by atoms with Crippen molar-refractivity contribution >= 4 is 0 Å². The molecule has 6 heteroatoms. The second kappa shape index (κ2) is 6.46. The molecule has 0 radical (unpaired) electrons. The quantitative estimate of drug-likeness (QED) is 0.691. The average Bonchev–Trinajstić information content (AvgIpc) is 2.30. The summed E-state index contributed by atoms with van der Waals surface area (Å²) in [5, 5.41) is 0. The van der Waals surface area contributed by atoms with Crippen LogP contribution in [0, 0.1) is 0 Å². The number of halogens is 1. The van der Waals surface area contributed by atoms with Crippen molar-refractivity contribution in [3.05, 3.63) is 0 Å². The van der Waals surface area contributed by atoms with Gasteiger partial charge in [0.15, 0.2) is 12.5 Å². The number of rotatable bonds is 5. The SMILES string of the molecule is COCC1OC(OC)C([18F])C(OC)C1OC. The lowest BCUT2D eigenvalue weighted by molar-refractivity contribution is -0.288. The third-order valence-corrected chi connectivity index (χ3v) is 2.68. The van der Waals surface area contributed by atoms with Gasteiger partial charge in [-0.05, 0) is 0 Å². The predicted molar refractivity (Wildman–Crippen MR) is 54.0 cm³/mol. The highest BCUT2D eigenvalue weighted by atomic mass is 18.2. The Kier molecular flexibility index (Phi) is 5.57. The molecule has 16 heavy (non-hydrogen) atoms. The molecule has 1 aliphatic heterocycles. The molecule has 0 aromatic rings. The van der Waals surface area contributed by atoms with Crippen LogP contribution < -0.4 is 0 Å². The van der Waals surface area contributed by atoms with E-state index >= 15 is 0 Å². The van der Waals surface area contributed by atoms with Gasteiger partial charge in [0.05, 0.1) is 6.61 Å². The van der Waals surface area contributed by atoms with Crippen molar-refractivity contribution in [3.8, 4) is 0 Å². The van der Waals surface area contributed by atoms with E-state index in [1.54, 1.807) is 7.11 Å². The zero-order chi connectivity index (χ0) is 12.1. The van der Waals surface area contributed by atoms with Crippen LogP contribution >= 0.6 is 0 Å². The van der Waals surface area contributed by atoms with Gasteiger partial charge in [-0.15, -0.1) is 0 Å². The number of hydrogen-bond acceptors (Lipinski definition) is 5. The topological polar surface area (TPSA) is 46.2 Å². The molecule has 1 saturated heterocycles. The Labute approximate surface area is 94.8 Å². The van der Waals surface area contributed by atoms with Crippen LogP contribution in [0.5, 0.6) is 0 Å². The van der Waals surface area contributed by atoms with E-state index in [2.05, 4.69) is 0 Å². The van der Waals surface area contributed by atoms with Gasteiger partial charge >= 0.3 is 0 Å². The Bertz CT molecular complexity index is 200. The molecule has 1 fully saturated rings. The highest BCUT2D eigenvalue weighted by Gasteiger charge is 2.47. The first kappa shape index (κ1) is 13.8. The normalized spacial score (nSPS) is 39.9. The van der Waals surface area contributed by atoms with Gasteiger partial charge in [-0.2, -0.15) is 0 Å². The Balaban J connectivity index is 2.77. The van der Waals surface area contributed by atoms with Crippen molar-refractivity contribution in [1.82, 2.24) is 0 Å². The van der Waals surface area contributed by atoms with Crippen LogP contribution in [0.4, 0.5) is 4.39 Å². The fourth-order valence-electron chi connectivity index (χ4n) is 1.91. The molecule has 1 heterocycles. The van der Waals surface area contributed by atoms with Gasteiger partial charge in [0, 0.05) is 28.4 Å². The second-order valence-corrected chi connectivity index (χ2v) is 3.58. The monoisotopic (exact) mass is 237 g/mol. The molecule has 0 aromatic heterocycles. The lowest BCUT2D eigenvalue weighted by Crippen LogP contribution is -2.58. The Morgan fingerprint density at radius 3 is 2.06 bits per heavy atom. The lowest BCUT2D eigenvalue weighted by atomic mass is 9.99. The summed E-state index contributed by atoms with van der Waals surface area (Å²) < 4.78 is 39.5. The summed E-state index contributed by atoms with van der Waals surface area (Å²) in [5.74, 6) is 0. The Morgan fingerprint density at radius 2 is 1.62 bits per heavy atom. The molecule has 0 saturated carbocycles. The Hall–Kier alpha value is -0.270. The van der Waals surface area contributed by atoms with Gasteiger partial charge < -0.3 is 23.7 Å². The molecule has 96 valence electrons. The van der Waals surface area contributed by atoms with Gasteiger partial charge in [0.25, 0.3) is 0 Å². The molecule has 0 bridgehead atoms. The van der Waals surface area contributed by atoms with Crippen LogP contribution in [0.1, 0.15) is 0 Å². The van der Waals surface area contributed by atoms with E-state index in [0.717, 1.165) is 0 Å². The maximum Gasteiger partial charge on any atom is 0.191 e. The van der Waals surface area contributed by atoms with Crippen LogP contribution in [-0.2, 0) is 23.7 Å². The van der Waals surface area contributed by atoms with Gasteiger partial charge in [-0.3, -0.25) is 0 Å². The molecule has 0 amide bonds.